The molecule has 2 N–H and O–H groups in total. The molecule has 0 spiro atoms. The summed E-state index contributed by atoms with van der Waals surface area (Å²) in [7, 11) is 0. The Labute approximate surface area is 75.3 Å². The van der Waals surface area contributed by atoms with E-state index in [2.05, 4.69) is 0 Å². The molecule has 0 aromatic heterocycles. The number of carboxylic acid groups (broad SMARTS) is 1. The maximum atomic E-state index is 11.1. The molecular weight excluding hydrogens is 176 g/mol. The third-order valence-corrected chi connectivity index (χ3v) is 3.00. The third-order valence-electron chi connectivity index (χ3n) is 3.00. The molecule has 0 amide bonds. The summed E-state index contributed by atoms with van der Waals surface area (Å²) in [6.07, 6.45) is 0.363. The highest BCUT2D eigenvalue weighted by atomic mass is 16.5. The van der Waals surface area contributed by atoms with E-state index < -0.39 is 17.0 Å². The van der Waals surface area contributed by atoms with Crippen molar-refractivity contribution in [2.24, 2.45) is 5.41 Å². The van der Waals surface area contributed by atoms with Crippen LogP contribution in [0.25, 0.3) is 0 Å². The molecule has 0 saturated carbocycles. The van der Waals surface area contributed by atoms with Gasteiger partial charge in [-0.05, 0) is 6.42 Å². The molecule has 2 aliphatic heterocycles. The second-order valence-corrected chi connectivity index (χ2v) is 3.71. The minimum Gasteiger partial charge on any atom is -0.481 e. The van der Waals surface area contributed by atoms with Gasteiger partial charge in [0.05, 0.1) is 19.8 Å². The Balaban J connectivity index is 2.27. The van der Waals surface area contributed by atoms with E-state index in [1.165, 1.54) is 0 Å². The van der Waals surface area contributed by atoms with E-state index in [4.69, 9.17) is 14.6 Å². The molecule has 2 saturated heterocycles. The van der Waals surface area contributed by atoms with Crippen LogP contribution >= 0.6 is 0 Å². The molecule has 5 nitrogen and oxygen atoms in total. The fourth-order valence-electron chi connectivity index (χ4n) is 1.87. The zero-order valence-corrected chi connectivity index (χ0v) is 7.15. The van der Waals surface area contributed by atoms with Crippen molar-refractivity contribution in [1.82, 2.24) is 0 Å². The molecule has 0 bridgehead atoms. The first kappa shape index (κ1) is 8.93. The number of hydrogen-bond acceptors (Lipinski definition) is 4. The van der Waals surface area contributed by atoms with Crippen molar-refractivity contribution < 1.29 is 24.5 Å². The van der Waals surface area contributed by atoms with Gasteiger partial charge in [-0.3, -0.25) is 4.79 Å². The van der Waals surface area contributed by atoms with Crippen molar-refractivity contribution in [3.8, 4) is 0 Å². The molecule has 0 radical (unpaired) electrons. The van der Waals surface area contributed by atoms with E-state index >= 15 is 0 Å². The van der Waals surface area contributed by atoms with Crippen LogP contribution in [0.4, 0.5) is 0 Å². The van der Waals surface area contributed by atoms with Crippen LogP contribution in [0, 0.1) is 5.41 Å². The van der Waals surface area contributed by atoms with Crippen LogP contribution in [-0.4, -0.2) is 48.2 Å². The number of aliphatic hydroxyl groups is 1. The second-order valence-electron chi connectivity index (χ2n) is 3.71. The Bertz CT molecular complexity index is 227. The summed E-state index contributed by atoms with van der Waals surface area (Å²) in [5.74, 6) is -0.990. The van der Waals surface area contributed by atoms with Crippen LogP contribution < -0.4 is 0 Å². The highest BCUT2D eigenvalue weighted by Crippen LogP contribution is 2.43. The van der Waals surface area contributed by atoms with Gasteiger partial charge in [0, 0.05) is 6.61 Å². The number of aliphatic carboxylic acids is 1. The quantitative estimate of drug-likeness (QED) is 0.595. The molecule has 0 aromatic carbocycles. The molecule has 0 aromatic rings. The SMILES string of the molecule is O=C(O)C1(C2(O)COC2)CCOC1. The number of rotatable bonds is 2. The van der Waals surface area contributed by atoms with Crippen LogP contribution in [0.3, 0.4) is 0 Å². The number of hydrogen-bond donors (Lipinski definition) is 2. The maximum absolute atomic E-state index is 11.1. The summed E-state index contributed by atoms with van der Waals surface area (Å²) >= 11 is 0. The third kappa shape index (κ3) is 1.01. The van der Waals surface area contributed by atoms with Gasteiger partial charge in [-0.2, -0.15) is 0 Å². The fraction of sp³-hybridized carbons (Fsp3) is 0.875. The summed E-state index contributed by atoms with van der Waals surface area (Å²) in [5.41, 5.74) is -2.37. The standard InChI is InChI=1S/C8H12O5/c9-6(10)7(1-2-12-3-7)8(11)4-13-5-8/h11H,1-5H2,(H,9,10). The van der Waals surface area contributed by atoms with E-state index in [1.807, 2.05) is 0 Å². The highest BCUT2D eigenvalue weighted by Gasteiger charge is 2.62. The van der Waals surface area contributed by atoms with Crippen LogP contribution in [0.5, 0.6) is 0 Å². The first-order valence-electron chi connectivity index (χ1n) is 4.22. The van der Waals surface area contributed by atoms with Gasteiger partial charge in [-0.1, -0.05) is 0 Å². The van der Waals surface area contributed by atoms with Gasteiger partial charge in [0.25, 0.3) is 0 Å². The number of carboxylic acids is 1. The predicted molar refractivity (Wildman–Crippen MR) is 41.3 cm³/mol. The Morgan fingerprint density at radius 2 is 1.92 bits per heavy atom. The Hall–Kier alpha value is -0.650. The Morgan fingerprint density at radius 3 is 2.23 bits per heavy atom. The van der Waals surface area contributed by atoms with E-state index in [-0.39, 0.29) is 19.8 Å². The van der Waals surface area contributed by atoms with Gasteiger partial charge >= 0.3 is 5.97 Å². The molecule has 1 atom stereocenters. The number of carbonyl (C=O) groups is 1. The first-order chi connectivity index (χ1) is 6.11. The average Bonchev–Trinajstić information content (AvgIpc) is 2.49. The van der Waals surface area contributed by atoms with Crippen molar-refractivity contribution in [3.63, 3.8) is 0 Å². The predicted octanol–water partition coefficient (Wildman–Crippen LogP) is -0.761. The second kappa shape index (κ2) is 2.67. The smallest absolute Gasteiger partial charge is 0.315 e. The monoisotopic (exact) mass is 188 g/mol. The van der Waals surface area contributed by atoms with Crippen LogP contribution in [0.2, 0.25) is 0 Å². The van der Waals surface area contributed by atoms with Gasteiger partial charge in [-0.15, -0.1) is 0 Å². The lowest BCUT2D eigenvalue weighted by Crippen LogP contribution is -2.65. The van der Waals surface area contributed by atoms with Gasteiger partial charge in [-0.25, -0.2) is 0 Å². The van der Waals surface area contributed by atoms with Crippen molar-refractivity contribution in [1.29, 1.82) is 0 Å². The zero-order valence-electron chi connectivity index (χ0n) is 7.15. The van der Waals surface area contributed by atoms with Crippen LogP contribution in [-0.2, 0) is 14.3 Å². The molecule has 1 unspecified atom stereocenters. The highest BCUT2D eigenvalue weighted by molar-refractivity contribution is 5.77. The topological polar surface area (TPSA) is 76.0 Å². The fourth-order valence-corrected chi connectivity index (χ4v) is 1.87. The van der Waals surface area contributed by atoms with E-state index in [9.17, 15) is 9.90 Å². The maximum Gasteiger partial charge on any atom is 0.315 e. The van der Waals surface area contributed by atoms with Crippen molar-refractivity contribution >= 4 is 5.97 Å². The Morgan fingerprint density at radius 1 is 1.23 bits per heavy atom. The van der Waals surface area contributed by atoms with E-state index in [0.29, 0.717) is 13.0 Å². The summed E-state index contributed by atoms with van der Waals surface area (Å²) in [6, 6.07) is 0. The van der Waals surface area contributed by atoms with Crippen molar-refractivity contribution in [3.05, 3.63) is 0 Å². The molecule has 2 fully saturated rings. The summed E-state index contributed by atoms with van der Waals surface area (Å²) < 4.78 is 9.90. The van der Waals surface area contributed by atoms with E-state index in [0.717, 1.165) is 0 Å². The largest absolute Gasteiger partial charge is 0.481 e. The van der Waals surface area contributed by atoms with Crippen molar-refractivity contribution in [2.75, 3.05) is 26.4 Å². The molecule has 74 valence electrons. The molecule has 2 rings (SSSR count). The molecule has 2 heterocycles. The lowest BCUT2D eigenvalue weighted by molar-refractivity contribution is -0.243. The van der Waals surface area contributed by atoms with Gasteiger partial charge < -0.3 is 19.7 Å². The number of ether oxygens (including phenoxy) is 2. The lowest BCUT2D eigenvalue weighted by atomic mass is 9.70. The molecule has 13 heavy (non-hydrogen) atoms. The summed E-state index contributed by atoms with van der Waals surface area (Å²) in [6.45, 7) is 0.683. The molecule has 2 aliphatic rings. The summed E-state index contributed by atoms with van der Waals surface area (Å²) in [5, 5.41) is 19.0. The van der Waals surface area contributed by atoms with Crippen LogP contribution in [0.15, 0.2) is 0 Å². The minimum atomic E-state index is -1.23. The lowest BCUT2D eigenvalue weighted by Gasteiger charge is -2.46. The summed E-state index contributed by atoms with van der Waals surface area (Å²) in [4.78, 5) is 11.1. The Kier molecular flexibility index (Phi) is 1.83. The van der Waals surface area contributed by atoms with Crippen molar-refractivity contribution in [2.45, 2.75) is 12.0 Å². The van der Waals surface area contributed by atoms with Gasteiger partial charge in [0.1, 0.15) is 11.0 Å². The zero-order chi connectivity index (χ0) is 9.53. The molecule has 0 aliphatic carbocycles. The first-order valence-corrected chi connectivity index (χ1v) is 4.22. The normalized spacial score (nSPS) is 37.0. The molecule has 5 heteroatoms. The minimum absolute atomic E-state index is 0.0855. The average molecular weight is 188 g/mol. The molecular formula is C8H12O5. The van der Waals surface area contributed by atoms with Crippen LogP contribution in [0.1, 0.15) is 6.42 Å². The van der Waals surface area contributed by atoms with Gasteiger partial charge in [0.2, 0.25) is 0 Å². The van der Waals surface area contributed by atoms with E-state index in [1.54, 1.807) is 0 Å². The van der Waals surface area contributed by atoms with Gasteiger partial charge in [0.15, 0.2) is 0 Å².